The zero-order valence-corrected chi connectivity index (χ0v) is 6.89. The third-order valence-corrected chi connectivity index (χ3v) is 1.63. The molecule has 0 aliphatic carbocycles. The fraction of sp³-hybridized carbons (Fsp3) is 0.222. The third kappa shape index (κ3) is 2.31. The molecule has 0 saturated heterocycles. The van der Waals surface area contributed by atoms with Crippen molar-refractivity contribution >= 4 is 5.78 Å². The summed E-state index contributed by atoms with van der Waals surface area (Å²) in [5.41, 5.74) is -0.314. The van der Waals surface area contributed by atoms with Crippen LogP contribution >= 0.6 is 0 Å². The minimum absolute atomic E-state index is 0.00808. The molecule has 0 unspecified atom stereocenters. The average molecular weight is 189 g/mol. The van der Waals surface area contributed by atoms with Crippen molar-refractivity contribution in [3.63, 3.8) is 0 Å². The molecular weight excluding hydrogens is 181 g/mol. The SMILES string of the molecule is CC(=[OH+])c1ccc(C(F)(F)F)cc1. The van der Waals surface area contributed by atoms with Crippen LogP contribution in [0.3, 0.4) is 0 Å². The molecule has 4 heteroatoms. The maximum Gasteiger partial charge on any atom is 0.416 e. The molecule has 0 atom stereocenters. The number of halogens is 3. The van der Waals surface area contributed by atoms with Gasteiger partial charge in [-0.25, -0.2) is 0 Å². The first-order valence-corrected chi connectivity index (χ1v) is 3.61. The van der Waals surface area contributed by atoms with E-state index in [9.17, 15) is 13.2 Å². The Bertz CT molecular complexity index is 311. The van der Waals surface area contributed by atoms with Gasteiger partial charge in [0.15, 0.2) is 0 Å². The van der Waals surface area contributed by atoms with E-state index >= 15 is 0 Å². The van der Waals surface area contributed by atoms with Gasteiger partial charge in [-0.1, -0.05) is 0 Å². The molecule has 0 fully saturated rings. The smallest absolute Gasteiger partial charge is 0.278 e. The van der Waals surface area contributed by atoms with Gasteiger partial charge in [0.25, 0.3) is 0 Å². The molecule has 0 amide bonds. The predicted molar refractivity (Wildman–Crippen MR) is 43.2 cm³/mol. The molecule has 0 saturated carbocycles. The maximum atomic E-state index is 12.1. The molecule has 0 aliphatic heterocycles. The first-order chi connectivity index (χ1) is 5.91. The van der Waals surface area contributed by atoms with Gasteiger partial charge in [-0.15, -0.1) is 0 Å². The Morgan fingerprint density at radius 3 is 1.92 bits per heavy atom. The molecule has 0 heterocycles. The first kappa shape index (κ1) is 9.77. The quantitative estimate of drug-likeness (QED) is 0.478. The summed E-state index contributed by atoms with van der Waals surface area (Å²) in [5.74, 6) is 0.00808. The van der Waals surface area contributed by atoms with Crippen LogP contribution in [-0.4, -0.2) is 10.6 Å². The van der Waals surface area contributed by atoms with Crippen molar-refractivity contribution in [3.05, 3.63) is 35.4 Å². The number of rotatable bonds is 1. The Balaban J connectivity index is 3.01. The molecule has 0 radical (unpaired) electrons. The van der Waals surface area contributed by atoms with Crippen LogP contribution in [0.25, 0.3) is 0 Å². The molecule has 0 spiro atoms. The minimum atomic E-state index is -4.32. The fourth-order valence-electron chi connectivity index (χ4n) is 0.900. The highest BCUT2D eigenvalue weighted by molar-refractivity contribution is 5.94. The summed E-state index contributed by atoms with van der Waals surface area (Å²) in [7, 11) is 0. The first-order valence-electron chi connectivity index (χ1n) is 3.61. The Morgan fingerprint density at radius 1 is 1.15 bits per heavy atom. The van der Waals surface area contributed by atoms with Crippen molar-refractivity contribution in [2.75, 3.05) is 0 Å². The van der Waals surface area contributed by atoms with Gasteiger partial charge in [0.2, 0.25) is 0 Å². The molecule has 0 aliphatic rings. The van der Waals surface area contributed by atoms with E-state index in [2.05, 4.69) is 0 Å². The summed E-state index contributed by atoms with van der Waals surface area (Å²) in [5, 5.41) is 0. The van der Waals surface area contributed by atoms with E-state index in [0.717, 1.165) is 12.1 Å². The van der Waals surface area contributed by atoms with Crippen LogP contribution in [0.2, 0.25) is 0 Å². The lowest BCUT2D eigenvalue weighted by atomic mass is 10.1. The van der Waals surface area contributed by atoms with Crippen LogP contribution in [-0.2, 0) is 6.18 Å². The van der Waals surface area contributed by atoms with Gasteiger partial charge in [0.05, 0.1) is 18.1 Å². The Morgan fingerprint density at radius 2 is 1.62 bits per heavy atom. The number of ketones is 1. The maximum absolute atomic E-state index is 12.1. The van der Waals surface area contributed by atoms with Crippen LogP contribution in [0.1, 0.15) is 18.1 Å². The second kappa shape index (κ2) is 3.20. The highest BCUT2D eigenvalue weighted by atomic mass is 19.4. The van der Waals surface area contributed by atoms with Gasteiger partial charge in [0.1, 0.15) is 0 Å². The topological polar surface area (TPSA) is 21.4 Å². The number of hydrogen-bond donors (Lipinski definition) is 0. The molecule has 0 bridgehead atoms. The summed E-state index contributed by atoms with van der Waals surface area (Å²) in [6.45, 7) is 1.42. The largest absolute Gasteiger partial charge is 0.416 e. The molecule has 1 rings (SSSR count). The Kier molecular flexibility index (Phi) is 2.40. The van der Waals surface area contributed by atoms with Gasteiger partial charge >= 0.3 is 12.0 Å². The second-order valence-corrected chi connectivity index (χ2v) is 2.66. The third-order valence-electron chi connectivity index (χ3n) is 1.63. The van der Waals surface area contributed by atoms with Gasteiger partial charge < -0.3 is 0 Å². The van der Waals surface area contributed by atoms with E-state index in [0.29, 0.717) is 5.56 Å². The van der Waals surface area contributed by atoms with Crippen molar-refractivity contribution in [1.29, 1.82) is 0 Å². The molecule has 1 nitrogen and oxygen atoms in total. The fourth-order valence-corrected chi connectivity index (χ4v) is 0.900. The van der Waals surface area contributed by atoms with Crippen LogP contribution in [0, 0.1) is 0 Å². The lowest BCUT2D eigenvalue weighted by Crippen LogP contribution is -2.05. The van der Waals surface area contributed by atoms with Gasteiger partial charge in [-0.3, -0.25) is 4.79 Å². The van der Waals surface area contributed by atoms with E-state index in [-0.39, 0.29) is 5.78 Å². The monoisotopic (exact) mass is 189 g/mol. The zero-order valence-electron chi connectivity index (χ0n) is 6.89. The number of carbonyl (C=O) groups excluding carboxylic acids is 1. The van der Waals surface area contributed by atoms with Crippen molar-refractivity contribution in [1.82, 2.24) is 0 Å². The summed E-state index contributed by atoms with van der Waals surface area (Å²) < 4.78 is 36.2. The lowest BCUT2D eigenvalue weighted by molar-refractivity contribution is -0.137. The van der Waals surface area contributed by atoms with Crippen LogP contribution in [0.15, 0.2) is 24.3 Å². The Labute approximate surface area is 73.2 Å². The molecule has 1 aromatic rings. The molecule has 1 aromatic carbocycles. The highest BCUT2D eigenvalue weighted by Gasteiger charge is 2.30. The molecular formula is C9H8F3O+. The second-order valence-electron chi connectivity index (χ2n) is 2.66. The Hall–Kier alpha value is -1.32. The summed E-state index contributed by atoms with van der Waals surface area (Å²) in [6.07, 6.45) is -4.32. The van der Waals surface area contributed by atoms with Crippen molar-refractivity contribution < 1.29 is 18.0 Å². The van der Waals surface area contributed by atoms with E-state index < -0.39 is 11.7 Å². The van der Waals surface area contributed by atoms with Gasteiger partial charge in [-0.2, -0.15) is 13.2 Å². The molecule has 0 aromatic heterocycles. The van der Waals surface area contributed by atoms with E-state index in [1.165, 1.54) is 19.1 Å². The molecule has 70 valence electrons. The normalized spacial score (nSPS) is 11.4. The molecule has 13 heavy (non-hydrogen) atoms. The van der Waals surface area contributed by atoms with E-state index in [1.54, 1.807) is 0 Å². The molecule has 1 N–H and O–H groups in total. The summed E-state index contributed by atoms with van der Waals surface area (Å²) >= 11 is 0. The predicted octanol–water partition coefficient (Wildman–Crippen LogP) is 2.62. The van der Waals surface area contributed by atoms with Gasteiger partial charge in [0, 0.05) is 0 Å². The standard InChI is InChI=1S/C9H7F3O/c1-6(13)7-2-4-8(5-3-7)9(10,11)12/h2-5H,1H3/p+1. The van der Waals surface area contributed by atoms with Crippen LogP contribution in [0.4, 0.5) is 13.2 Å². The number of hydrogen-bond acceptors (Lipinski definition) is 0. The lowest BCUT2D eigenvalue weighted by Gasteiger charge is -2.05. The van der Waals surface area contributed by atoms with Gasteiger partial charge in [-0.05, 0) is 24.3 Å². The van der Waals surface area contributed by atoms with E-state index in [1.807, 2.05) is 0 Å². The minimum Gasteiger partial charge on any atom is -0.278 e. The van der Waals surface area contributed by atoms with Crippen LogP contribution in [0.5, 0.6) is 0 Å². The van der Waals surface area contributed by atoms with Crippen molar-refractivity contribution in [3.8, 4) is 0 Å². The average Bonchev–Trinajstić information content (AvgIpc) is 2.03. The summed E-state index contributed by atoms with van der Waals surface area (Å²) in [6, 6.07) is 4.35. The number of alkyl halides is 3. The number of benzene rings is 1. The van der Waals surface area contributed by atoms with E-state index in [4.69, 9.17) is 4.79 Å². The summed E-state index contributed by atoms with van der Waals surface area (Å²) in [4.78, 5) is 8.95. The van der Waals surface area contributed by atoms with Crippen molar-refractivity contribution in [2.45, 2.75) is 13.1 Å². The van der Waals surface area contributed by atoms with Crippen LogP contribution < -0.4 is 0 Å². The highest BCUT2D eigenvalue weighted by Crippen LogP contribution is 2.28. The zero-order chi connectivity index (χ0) is 10.1. The van der Waals surface area contributed by atoms with Crippen molar-refractivity contribution in [2.24, 2.45) is 0 Å².